The Balaban J connectivity index is 2.17. The molecule has 2 rings (SSSR count). The van der Waals surface area contributed by atoms with Crippen LogP contribution in [-0.4, -0.2) is 42.5 Å². The molecule has 0 aliphatic heterocycles. The van der Waals surface area contributed by atoms with E-state index in [0.29, 0.717) is 27.1 Å². The quantitative estimate of drug-likeness (QED) is 0.614. The fourth-order valence-corrected chi connectivity index (χ4v) is 3.19. The van der Waals surface area contributed by atoms with Crippen LogP contribution in [-0.2, 0) is 16.1 Å². The highest BCUT2D eigenvalue weighted by Gasteiger charge is 2.27. The summed E-state index contributed by atoms with van der Waals surface area (Å²) in [4.78, 5) is 27.0. The van der Waals surface area contributed by atoms with Crippen LogP contribution < -0.4 is 14.8 Å². The number of ether oxygens (including phenoxy) is 2. The first-order chi connectivity index (χ1) is 14.2. The normalized spacial score (nSPS) is 11.7. The fourth-order valence-electron chi connectivity index (χ4n) is 2.72. The van der Waals surface area contributed by atoms with E-state index >= 15 is 0 Å². The molecule has 1 N–H and O–H groups in total. The topological polar surface area (TPSA) is 67.9 Å². The minimum atomic E-state index is -0.717. The number of nitrogens with one attached hydrogen (secondary N) is 1. The number of benzene rings is 2. The third-order valence-electron chi connectivity index (χ3n) is 4.38. The fraction of sp³-hybridized carbons (Fsp3) is 0.364. The molecule has 0 saturated heterocycles. The summed E-state index contributed by atoms with van der Waals surface area (Å²) in [6.07, 6.45) is 0. The van der Waals surface area contributed by atoms with Crippen LogP contribution in [0, 0.1) is 0 Å². The number of hydrogen-bond donors (Lipinski definition) is 1. The molecule has 0 bridgehead atoms. The number of halogens is 2. The molecule has 30 heavy (non-hydrogen) atoms. The molecule has 0 saturated carbocycles. The van der Waals surface area contributed by atoms with Gasteiger partial charge in [-0.25, -0.2) is 0 Å². The predicted molar refractivity (Wildman–Crippen MR) is 118 cm³/mol. The zero-order valence-corrected chi connectivity index (χ0v) is 19.0. The summed E-state index contributed by atoms with van der Waals surface area (Å²) >= 11 is 12.2. The summed E-state index contributed by atoms with van der Waals surface area (Å²) < 4.78 is 10.7. The molecular weight excluding hydrogens is 427 g/mol. The predicted octanol–water partition coefficient (Wildman–Crippen LogP) is 4.32. The van der Waals surface area contributed by atoms with Gasteiger partial charge >= 0.3 is 0 Å². The monoisotopic (exact) mass is 452 g/mol. The van der Waals surface area contributed by atoms with Crippen LogP contribution in [0.25, 0.3) is 0 Å². The molecular formula is C22H26Cl2N2O4. The molecule has 0 aromatic heterocycles. The van der Waals surface area contributed by atoms with Gasteiger partial charge in [0.1, 0.15) is 17.5 Å². The van der Waals surface area contributed by atoms with Gasteiger partial charge < -0.3 is 19.7 Å². The van der Waals surface area contributed by atoms with Gasteiger partial charge in [-0.1, -0.05) is 29.3 Å². The first-order valence-corrected chi connectivity index (χ1v) is 10.3. The molecule has 0 spiro atoms. The van der Waals surface area contributed by atoms with E-state index in [9.17, 15) is 9.59 Å². The van der Waals surface area contributed by atoms with Crippen LogP contribution in [0.3, 0.4) is 0 Å². The van der Waals surface area contributed by atoms with Crippen molar-refractivity contribution in [1.82, 2.24) is 10.2 Å². The number of methoxy groups -OCH3 is 1. The molecule has 0 aliphatic rings. The number of carbonyl (C=O) groups is 2. The summed E-state index contributed by atoms with van der Waals surface area (Å²) in [5.41, 5.74) is 0.683. The highest BCUT2D eigenvalue weighted by molar-refractivity contribution is 6.35. The molecule has 2 aromatic carbocycles. The lowest BCUT2D eigenvalue weighted by atomic mass is 10.1. The smallest absolute Gasteiger partial charge is 0.261 e. The SMILES string of the molecule is COc1ccc(OCC(=O)N(Cc2ccc(Cl)cc2Cl)[C@@H](C)C(=O)NC(C)C)cc1. The maximum absolute atomic E-state index is 13.0. The lowest BCUT2D eigenvalue weighted by Gasteiger charge is -2.29. The minimum absolute atomic E-state index is 0.0495. The maximum atomic E-state index is 13.0. The van der Waals surface area contributed by atoms with Crippen LogP contribution in [0.15, 0.2) is 42.5 Å². The zero-order chi connectivity index (χ0) is 22.3. The summed E-state index contributed by atoms with van der Waals surface area (Å²) in [6.45, 7) is 5.32. The van der Waals surface area contributed by atoms with Crippen molar-refractivity contribution in [3.63, 3.8) is 0 Å². The number of amides is 2. The molecule has 0 heterocycles. The highest BCUT2D eigenvalue weighted by Crippen LogP contribution is 2.23. The second kappa shape index (κ2) is 11.1. The summed E-state index contributed by atoms with van der Waals surface area (Å²) in [7, 11) is 1.57. The van der Waals surface area contributed by atoms with Gasteiger partial charge in [0.2, 0.25) is 5.91 Å². The molecule has 1 atom stereocenters. The van der Waals surface area contributed by atoms with Crippen molar-refractivity contribution >= 4 is 35.0 Å². The van der Waals surface area contributed by atoms with Crippen molar-refractivity contribution < 1.29 is 19.1 Å². The van der Waals surface area contributed by atoms with Crippen molar-refractivity contribution in [2.75, 3.05) is 13.7 Å². The Morgan fingerprint density at radius 3 is 2.23 bits per heavy atom. The van der Waals surface area contributed by atoms with Crippen molar-refractivity contribution in [2.24, 2.45) is 0 Å². The number of rotatable bonds is 9. The van der Waals surface area contributed by atoms with Gasteiger partial charge in [0.15, 0.2) is 6.61 Å². The Kier molecular flexibility index (Phi) is 8.81. The van der Waals surface area contributed by atoms with E-state index in [2.05, 4.69) is 5.32 Å². The molecule has 0 aliphatic carbocycles. The van der Waals surface area contributed by atoms with Crippen molar-refractivity contribution in [3.05, 3.63) is 58.1 Å². The van der Waals surface area contributed by atoms with Crippen molar-refractivity contribution in [1.29, 1.82) is 0 Å². The lowest BCUT2D eigenvalue weighted by molar-refractivity contribution is -0.142. The largest absolute Gasteiger partial charge is 0.497 e. The van der Waals surface area contributed by atoms with Crippen LogP contribution in [0.1, 0.15) is 26.3 Å². The van der Waals surface area contributed by atoms with Gasteiger partial charge in [-0.05, 0) is 62.7 Å². The van der Waals surface area contributed by atoms with Crippen LogP contribution in [0.5, 0.6) is 11.5 Å². The molecule has 6 nitrogen and oxygen atoms in total. The van der Waals surface area contributed by atoms with E-state index in [-0.39, 0.29) is 31.0 Å². The molecule has 8 heteroatoms. The van der Waals surface area contributed by atoms with E-state index in [1.165, 1.54) is 4.90 Å². The van der Waals surface area contributed by atoms with Crippen LogP contribution >= 0.6 is 23.2 Å². The third kappa shape index (κ3) is 6.82. The first kappa shape index (κ1) is 23.8. The Bertz CT molecular complexity index is 872. The summed E-state index contributed by atoms with van der Waals surface area (Å²) in [5.74, 6) is 0.607. The second-order valence-corrected chi connectivity index (χ2v) is 7.90. The molecule has 2 amide bonds. The van der Waals surface area contributed by atoms with Gasteiger partial charge in [0.25, 0.3) is 5.91 Å². The van der Waals surface area contributed by atoms with Crippen LogP contribution in [0.2, 0.25) is 10.0 Å². The van der Waals surface area contributed by atoms with E-state index in [0.717, 1.165) is 0 Å². The standard InChI is InChI=1S/C22H26Cl2N2O4/c1-14(2)25-22(28)15(3)26(12-16-5-6-17(23)11-20(16)24)21(27)13-30-19-9-7-18(29-4)8-10-19/h5-11,14-15H,12-13H2,1-4H3,(H,25,28)/t15-/m0/s1. The van der Waals surface area contributed by atoms with E-state index in [4.69, 9.17) is 32.7 Å². The summed E-state index contributed by atoms with van der Waals surface area (Å²) in [6, 6.07) is 11.2. The Hall–Kier alpha value is -2.44. The Morgan fingerprint density at radius 1 is 1.03 bits per heavy atom. The van der Waals surface area contributed by atoms with Gasteiger partial charge in [-0.2, -0.15) is 0 Å². The number of nitrogens with zero attached hydrogens (tertiary/aromatic N) is 1. The lowest BCUT2D eigenvalue weighted by Crippen LogP contribution is -2.50. The molecule has 2 aromatic rings. The van der Waals surface area contributed by atoms with Crippen molar-refractivity contribution in [3.8, 4) is 11.5 Å². The summed E-state index contributed by atoms with van der Waals surface area (Å²) in [5, 5.41) is 3.75. The third-order valence-corrected chi connectivity index (χ3v) is 4.96. The highest BCUT2D eigenvalue weighted by atomic mass is 35.5. The van der Waals surface area contributed by atoms with Crippen LogP contribution in [0.4, 0.5) is 0 Å². The molecule has 0 unspecified atom stereocenters. The Morgan fingerprint density at radius 2 is 1.67 bits per heavy atom. The second-order valence-electron chi connectivity index (χ2n) is 7.06. The molecule has 162 valence electrons. The maximum Gasteiger partial charge on any atom is 0.261 e. The molecule has 0 radical (unpaired) electrons. The van der Waals surface area contributed by atoms with Gasteiger partial charge in [-0.3, -0.25) is 9.59 Å². The van der Waals surface area contributed by atoms with E-state index < -0.39 is 6.04 Å². The zero-order valence-electron chi connectivity index (χ0n) is 17.4. The average molecular weight is 453 g/mol. The van der Waals surface area contributed by atoms with Gasteiger partial charge in [-0.15, -0.1) is 0 Å². The number of carbonyl (C=O) groups excluding carboxylic acids is 2. The van der Waals surface area contributed by atoms with Crippen molar-refractivity contribution in [2.45, 2.75) is 39.4 Å². The Labute approximate surface area is 187 Å². The number of hydrogen-bond acceptors (Lipinski definition) is 4. The average Bonchev–Trinajstić information content (AvgIpc) is 2.71. The van der Waals surface area contributed by atoms with E-state index in [1.54, 1.807) is 56.5 Å². The van der Waals surface area contributed by atoms with E-state index in [1.807, 2.05) is 13.8 Å². The minimum Gasteiger partial charge on any atom is -0.497 e. The van der Waals surface area contributed by atoms with Gasteiger partial charge in [0, 0.05) is 22.6 Å². The first-order valence-electron chi connectivity index (χ1n) is 9.52. The molecule has 0 fully saturated rings. The van der Waals surface area contributed by atoms with Gasteiger partial charge in [0.05, 0.1) is 7.11 Å².